The average Bonchev–Trinajstić information content (AvgIpc) is 2.87. The normalized spacial score (nSPS) is 14.2. The van der Waals surface area contributed by atoms with Crippen molar-refractivity contribution in [2.24, 2.45) is 0 Å². The Kier molecular flexibility index (Phi) is 10.2. The van der Waals surface area contributed by atoms with Crippen molar-refractivity contribution in [2.45, 2.75) is 30.7 Å². The third-order valence-corrected chi connectivity index (χ3v) is 8.06. The lowest BCUT2D eigenvalue weighted by Crippen LogP contribution is -2.35. The number of benzene rings is 3. The Balaban J connectivity index is 0.00000361. The molecule has 0 amide bonds. The van der Waals surface area contributed by atoms with Crippen molar-refractivity contribution in [1.29, 1.82) is 0 Å². The fourth-order valence-electron chi connectivity index (χ4n) is 4.07. The van der Waals surface area contributed by atoms with E-state index in [1.165, 1.54) is 16.4 Å². The Labute approximate surface area is 224 Å². The molecule has 1 heterocycles. The van der Waals surface area contributed by atoms with Gasteiger partial charge < -0.3 is 9.64 Å². The van der Waals surface area contributed by atoms with Gasteiger partial charge in [0.2, 0.25) is 0 Å². The standard InChI is InChI=1S/C27H29ClN2O4S.ClH/c28-23-11-13-26(14-12-23)35(32,33)30(24-8-2-1-3-9-24)21-22-7-4-5-10-27(22)34-20-6-17-29-18-15-25(31)16-19-29;/h1-5,7-14H,6,15-21H2;1H. The second-order valence-corrected chi connectivity index (χ2v) is 10.8. The fraction of sp³-hybridized carbons (Fsp3) is 0.296. The second kappa shape index (κ2) is 13.1. The first kappa shape index (κ1) is 28.0. The lowest BCUT2D eigenvalue weighted by atomic mass is 10.1. The van der Waals surface area contributed by atoms with E-state index in [0.29, 0.717) is 41.7 Å². The van der Waals surface area contributed by atoms with Gasteiger partial charge in [0.05, 0.1) is 23.7 Å². The summed E-state index contributed by atoms with van der Waals surface area (Å²) >= 11 is 5.98. The summed E-state index contributed by atoms with van der Waals surface area (Å²) in [5, 5.41) is 0.477. The molecule has 0 atom stereocenters. The van der Waals surface area contributed by atoms with Gasteiger partial charge in [-0.2, -0.15) is 0 Å². The van der Waals surface area contributed by atoms with Crippen LogP contribution in [-0.2, 0) is 21.4 Å². The number of para-hydroxylation sites is 2. The number of likely N-dealkylation sites (tertiary alicyclic amines) is 1. The van der Waals surface area contributed by atoms with Crippen molar-refractivity contribution in [3.05, 3.63) is 89.4 Å². The van der Waals surface area contributed by atoms with Crippen LogP contribution in [0.4, 0.5) is 5.69 Å². The number of sulfonamides is 1. The van der Waals surface area contributed by atoms with Crippen molar-refractivity contribution >= 4 is 45.5 Å². The number of ketones is 1. The molecule has 3 aromatic rings. The Morgan fingerprint density at radius 2 is 1.53 bits per heavy atom. The molecule has 1 aliphatic heterocycles. The summed E-state index contributed by atoms with van der Waals surface area (Å²) in [6.45, 7) is 3.13. The topological polar surface area (TPSA) is 66.9 Å². The van der Waals surface area contributed by atoms with Gasteiger partial charge in [0.1, 0.15) is 11.5 Å². The van der Waals surface area contributed by atoms with E-state index >= 15 is 0 Å². The van der Waals surface area contributed by atoms with E-state index in [1.54, 1.807) is 24.3 Å². The minimum absolute atomic E-state index is 0. The van der Waals surface area contributed by atoms with Crippen molar-refractivity contribution in [2.75, 3.05) is 30.5 Å². The number of rotatable bonds is 10. The molecular weight excluding hydrogens is 519 g/mol. The molecule has 9 heteroatoms. The zero-order valence-electron chi connectivity index (χ0n) is 19.9. The molecule has 0 aromatic heterocycles. The molecule has 0 N–H and O–H groups in total. The highest BCUT2D eigenvalue weighted by molar-refractivity contribution is 7.92. The summed E-state index contributed by atoms with van der Waals surface area (Å²) in [5.41, 5.74) is 1.34. The van der Waals surface area contributed by atoms with E-state index in [9.17, 15) is 13.2 Å². The van der Waals surface area contributed by atoms with Crippen LogP contribution in [0.25, 0.3) is 0 Å². The summed E-state index contributed by atoms with van der Waals surface area (Å²) in [4.78, 5) is 13.9. The summed E-state index contributed by atoms with van der Waals surface area (Å²) in [7, 11) is -3.85. The fourth-order valence-corrected chi connectivity index (χ4v) is 5.64. The van der Waals surface area contributed by atoms with Gasteiger partial charge >= 0.3 is 0 Å². The van der Waals surface area contributed by atoms with Gasteiger partial charge in [-0.1, -0.05) is 48.0 Å². The maximum atomic E-state index is 13.6. The van der Waals surface area contributed by atoms with Crippen LogP contribution in [0, 0.1) is 0 Å². The van der Waals surface area contributed by atoms with Crippen molar-refractivity contribution in [3.63, 3.8) is 0 Å². The quantitative estimate of drug-likeness (QED) is 0.309. The molecule has 0 spiro atoms. The third-order valence-electron chi connectivity index (χ3n) is 6.02. The summed E-state index contributed by atoms with van der Waals surface area (Å²) in [5.74, 6) is 0.997. The maximum Gasteiger partial charge on any atom is 0.264 e. The van der Waals surface area contributed by atoms with E-state index in [2.05, 4.69) is 4.90 Å². The molecule has 0 saturated carbocycles. The van der Waals surface area contributed by atoms with Crippen LogP contribution in [0.3, 0.4) is 0 Å². The molecule has 1 aliphatic rings. The molecule has 0 aliphatic carbocycles. The van der Waals surface area contributed by atoms with Crippen molar-refractivity contribution in [1.82, 2.24) is 4.90 Å². The number of ether oxygens (including phenoxy) is 1. The first-order valence-electron chi connectivity index (χ1n) is 11.7. The maximum absolute atomic E-state index is 13.6. The molecule has 0 unspecified atom stereocenters. The SMILES string of the molecule is Cl.O=C1CCN(CCCOc2ccccc2CN(c2ccccc2)S(=O)(=O)c2ccc(Cl)cc2)CC1. The van der Waals surface area contributed by atoms with Crippen LogP contribution >= 0.6 is 24.0 Å². The van der Waals surface area contributed by atoms with Gasteiger partial charge in [0.15, 0.2) is 0 Å². The molecule has 0 radical (unpaired) electrons. The minimum atomic E-state index is -3.85. The molecule has 1 fully saturated rings. The Morgan fingerprint density at radius 3 is 2.22 bits per heavy atom. The van der Waals surface area contributed by atoms with Crippen LogP contribution in [0.15, 0.2) is 83.8 Å². The van der Waals surface area contributed by atoms with E-state index in [-0.39, 0.29) is 23.8 Å². The first-order valence-corrected chi connectivity index (χ1v) is 13.5. The number of anilines is 1. The Hall–Kier alpha value is -2.58. The van der Waals surface area contributed by atoms with Crippen LogP contribution < -0.4 is 9.04 Å². The molecule has 36 heavy (non-hydrogen) atoms. The van der Waals surface area contributed by atoms with Crippen LogP contribution in [0.2, 0.25) is 5.02 Å². The molecule has 192 valence electrons. The van der Waals surface area contributed by atoms with Crippen molar-refractivity contribution < 1.29 is 17.9 Å². The number of nitrogens with zero attached hydrogens (tertiary/aromatic N) is 2. The van der Waals surface area contributed by atoms with Gasteiger partial charge in [0, 0.05) is 43.1 Å². The van der Waals surface area contributed by atoms with E-state index in [1.807, 2.05) is 42.5 Å². The summed E-state index contributed by atoms with van der Waals surface area (Å²) < 4.78 is 34.7. The average molecular weight is 550 g/mol. The largest absolute Gasteiger partial charge is 0.493 e. The number of Topliss-reactive ketones (excluding diaryl/α,β-unsaturated/α-hetero) is 1. The Bertz CT molecular complexity index is 1230. The zero-order chi connectivity index (χ0) is 24.7. The second-order valence-electron chi connectivity index (χ2n) is 8.49. The predicted molar refractivity (Wildman–Crippen MR) is 146 cm³/mol. The van der Waals surface area contributed by atoms with E-state index < -0.39 is 10.0 Å². The highest BCUT2D eigenvalue weighted by Crippen LogP contribution is 2.29. The van der Waals surface area contributed by atoms with Crippen molar-refractivity contribution in [3.8, 4) is 5.75 Å². The summed E-state index contributed by atoms with van der Waals surface area (Å²) in [6, 6.07) is 22.7. The lowest BCUT2D eigenvalue weighted by molar-refractivity contribution is -0.121. The van der Waals surface area contributed by atoms with Crippen LogP contribution in [0.5, 0.6) is 5.75 Å². The number of hydrogen-bond acceptors (Lipinski definition) is 5. The molecule has 3 aromatic carbocycles. The molecule has 4 rings (SSSR count). The predicted octanol–water partition coefficient (Wildman–Crippen LogP) is 5.59. The first-order chi connectivity index (χ1) is 16.9. The number of carbonyl (C=O) groups is 1. The van der Waals surface area contributed by atoms with Crippen LogP contribution in [-0.4, -0.2) is 45.3 Å². The number of hydrogen-bond donors (Lipinski definition) is 0. The van der Waals surface area contributed by atoms with Gasteiger partial charge in [-0.3, -0.25) is 9.10 Å². The minimum Gasteiger partial charge on any atom is -0.493 e. The highest BCUT2D eigenvalue weighted by Gasteiger charge is 2.26. The van der Waals surface area contributed by atoms with Gasteiger partial charge in [-0.25, -0.2) is 8.42 Å². The zero-order valence-corrected chi connectivity index (χ0v) is 22.3. The number of halogens is 2. The monoisotopic (exact) mass is 548 g/mol. The molecule has 6 nitrogen and oxygen atoms in total. The molecule has 0 bridgehead atoms. The van der Waals surface area contributed by atoms with Gasteiger partial charge in [-0.05, 0) is 48.9 Å². The van der Waals surface area contributed by atoms with Crippen LogP contribution in [0.1, 0.15) is 24.8 Å². The van der Waals surface area contributed by atoms with E-state index in [4.69, 9.17) is 16.3 Å². The van der Waals surface area contributed by atoms with E-state index in [0.717, 1.165) is 31.6 Å². The smallest absolute Gasteiger partial charge is 0.264 e. The van der Waals surface area contributed by atoms with Gasteiger partial charge in [-0.15, -0.1) is 12.4 Å². The Morgan fingerprint density at radius 1 is 0.889 bits per heavy atom. The van der Waals surface area contributed by atoms with Gasteiger partial charge in [0.25, 0.3) is 10.0 Å². The number of carbonyl (C=O) groups excluding carboxylic acids is 1. The number of piperidine rings is 1. The molecular formula is C27H30Cl2N2O4S. The summed E-state index contributed by atoms with van der Waals surface area (Å²) in [6.07, 6.45) is 2.08. The highest BCUT2D eigenvalue weighted by atomic mass is 35.5. The third kappa shape index (κ3) is 7.23. The molecule has 1 saturated heterocycles. The lowest BCUT2D eigenvalue weighted by Gasteiger charge is -2.26.